The van der Waals surface area contributed by atoms with Crippen molar-refractivity contribution in [3.8, 4) is 5.75 Å². The summed E-state index contributed by atoms with van der Waals surface area (Å²) in [6, 6.07) is 3.09. The Balaban J connectivity index is 3.27. The Kier molecular flexibility index (Phi) is 2.68. The third-order valence-electron chi connectivity index (χ3n) is 1.56. The minimum absolute atomic E-state index is 0.191. The predicted octanol–water partition coefficient (Wildman–Crippen LogP) is 0.935. The molecule has 0 radical (unpaired) electrons. The van der Waals surface area contributed by atoms with Crippen LogP contribution in [0.5, 0.6) is 5.75 Å². The fourth-order valence-electron chi connectivity index (χ4n) is 0.910. The Morgan fingerprint density at radius 2 is 1.79 bits per heavy atom. The molecule has 6 nitrogen and oxygen atoms in total. The van der Waals surface area contributed by atoms with Crippen LogP contribution in [0.3, 0.4) is 0 Å². The first-order chi connectivity index (χ1) is 6.56. The molecule has 0 bridgehead atoms. The summed E-state index contributed by atoms with van der Waals surface area (Å²) in [6.07, 6.45) is 0. The van der Waals surface area contributed by atoms with Crippen molar-refractivity contribution in [3.05, 3.63) is 29.3 Å². The zero-order valence-corrected chi connectivity index (χ0v) is 6.80. The zero-order chi connectivity index (χ0) is 10.7. The molecule has 0 aromatic heterocycles. The van der Waals surface area contributed by atoms with E-state index in [9.17, 15) is 9.59 Å². The zero-order valence-electron chi connectivity index (χ0n) is 6.80. The van der Waals surface area contributed by atoms with Crippen molar-refractivity contribution >= 4 is 11.9 Å². The highest BCUT2D eigenvalue weighted by atomic mass is 17.1. The van der Waals surface area contributed by atoms with Gasteiger partial charge < -0.3 is 15.1 Å². The predicted molar refractivity (Wildman–Crippen MR) is 43.6 cm³/mol. The molecule has 1 aromatic rings. The van der Waals surface area contributed by atoms with Crippen LogP contribution in [0, 0.1) is 0 Å². The van der Waals surface area contributed by atoms with E-state index in [1.54, 1.807) is 0 Å². The smallest absolute Gasteiger partial charge is 0.339 e. The van der Waals surface area contributed by atoms with Crippen LogP contribution in [-0.2, 0) is 0 Å². The largest absolute Gasteiger partial charge is 0.478 e. The second-order valence-corrected chi connectivity index (χ2v) is 2.41. The van der Waals surface area contributed by atoms with Crippen LogP contribution < -0.4 is 4.89 Å². The van der Waals surface area contributed by atoms with E-state index in [1.807, 2.05) is 0 Å². The Morgan fingerprint density at radius 3 is 2.21 bits per heavy atom. The molecule has 6 heteroatoms. The molecule has 0 saturated heterocycles. The second kappa shape index (κ2) is 3.75. The Bertz CT molecular complexity index is 383. The van der Waals surface area contributed by atoms with Gasteiger partial charge in [0.1, 0.15) is 5.56 Å². The van der Waals surface area contributed by atoms with Gasteiger partial charge in [-0.05, 0) is 18.2 Å². The molecular formula is C8H6O6. The fraction of sp³-hybridized carbons (Fsp3) is 0. The van der Waals surface area contributed by atoms with Gasteiger partial charge in [0, 0.05) is 0 Å². The fourth-order valence-corrected chi connectivity index (χ4v) is 0.910. The molecule has 0 aliphatic rings. The van der Waals surface area contributed by atoms with Crippen LogP contribution in [-0.4, -0.2) is 27.4 Å². The quantitative estimate of drug-likeness (QED) is 0.493. The summed E-state index contributed by atoms with van der Waals surface area (Å²) in [5.74, 6) is -2.93. The van der Waals surface area contributed by atoms with Crippen molar-refractivity contribution in [2.45, 2.75) is 0 Å². The van der Waals surface area contributed by atoms with E-state index in [1.165, 1.54) is 0 Å². The van der Waals surface area contributed by atoms with Crippen LogP contribution in [0.15, 0.2) is 18.2 Å². The Morgan fingerprint density at radius 1 is 1.14 bits per heavy atom. The number of carbonyl (C=O) groups is 2. The first-order valence-electron chi connectivity index (χ1n) is 3.48. The normalized spacial score (nSPS) is 9.50. The van der Waals surface area contributed by atoms with E-state index in [0.717, 1.165) is 18.2 Å². The van der Waals surface area contributed by atoms with E-state index in [2.05, 4.69) is 4.89 Å². The number of aromatic carboxylic acids is 2. The number of rotatable bonds is 3. The van der Waals surface area contributed by atoms with Gasteiger partial charge in [0.2, 0.25) is 0 Å². The highest BCUT2D eigenvalue weighted by Gasteiger charge is 2.14. The number of carboxylic acid groups (broad SMARTS) is 2. The number of hydrogen-bond donors (Lipinski definition) is 3. The van der Waals surface area contributed by atoms with E-state index in [-0.39, 0.29) is 11.3 Å². The molecule has 0 fully saturated rings. The topological polar surface area (TPSA) is 104 Å². The Hall–Kier alpha value is -2.08. The summed E-state index contributed by atoms with van der Waals surface area (Å²) in [5.41, 5.74) is -0.601. The van der Waals surface area contributed by atoms with Gasteiger partial charge >= 0.3 is 11.9 Å². The molecule has 1 aromatic carbocycles. The monoisotopic (exact) mass is 198 g/mol. The minimum atomic E-state index is -1.38. The SMILES string of the molecule is O=C(O)c1ccc(OO)c(C(=O)O)c1. The first kappa shape index (κ1) is 10.0. The van der Waals surface area contributed by atoms with Gasteiger partial charge in [0.15, 0.2) is 5.75 Å². The van der Waals surface area contributed by atoms with Crippen molar-refractivity contribution in [2.24, 2.45) is 0 Å². The van der Waals surface area contributed by atoms with E-state index < -0.39 is 17.5 Å². The van der Waals surface area contributed by atoms with Gasteiger partial charge in [-0.25, -0.2) is 14.8 Å². The summed E-state index contributed by atoms with van der Waals surface area (Å²) in [4.78, 5) is 24.8. The van der Waals surface area contributed by atoms with E-state index >= 15 is 0 Å². The second-order valence-electron chi connectivity index (χ2n) is 2.41. The molecule has 0 spiro atoms. The average Bonchev–Trinajstić information content (AvgIpc) is 2.16. The summed E-state index contributed by atoms with van der Waals surface area (Å²) in [7, 11) is 0. The molecule has 3 N–H and O–H groups in total. The molecule has 0 unspecified atom stereocenters. The van der Waals surface area contributed by atoms with Crippen molar-refractivity contribution in [1.29, 1.82) is 0 Å². The number of carboxylic acids is 2. The molecule has 0 amide bonds. The third kappa shape index (κ3) is 1.80. The van der Waals surface area contributed by atoms with Gasteiger partial charge in [0.25, 0.3) is 0 Å². The lowest BCUT2D eigenvalue weighted by Crippen LogP contribution is -2.04. The van der Waals surface area contributed by atoms with Crippen molar-refractivity contribution < 1.29 is 29.9 Å². The van der Waals surface area contributed by atoms with Crippen LogP contribution in [0.25, 0.3) is 0 Å². The molecule has 0 heterocycles. The third-order valence-corrected chi connectivity index (χ3v) is 1.56. The Labute approximate surface area is 77.9 Å². The molecule has 0 atom stereocenters. The molecule has 14 heavy (non-hydrogen) atoms. The number of hydrogen-bond acceptors (Lipinski definition) is 4. The minimum Gasteiger partial charge on any atom is -0.478 e. The lowest BCUT2D eigenvalue weighted by Gasteiger charge is -2.02. The van der Waals surface area contributed by atoms with Gasteiger partial charge in [-0.3, -0.25) is 0 Å². The van der Waals surface area contributed by atoms with Gasteiger partial charge in [0.05, 0.1) is 5.56 Å². The lowest BCUT2D eigenvalue weighted by atomic mass is 10.1. The lowest BCUT2D eigenvalue weighted by molar-refractivity contribution is -0.138. The maximum atomic E-state index is 10.6. The average molecular weight is 198 g/mol. The molecule has 74 valence electrons. The molecule has 1 rings (SSSR count). The highest BCUT2D eigenvalue weighted by molar-refractivity contribution is 5.95. The van der Waals surface area contributed by atoms with Gasteiger partial charge in [-0.1, -0.05) is 0 Å². The summed E-state index contributed by atoms with van der Waals surface area (Å²) in [5, 5.41) is 25.5. The standard InChI is InChI=1S/C8H6O6/c9-7(10)4-1-2-6(14-13)5(3-4)8(11)12/h1-3,13H,(H,9,10)(H,11,12). The van der Waals surface area contributed by atoms with Crippen molar-refractivity contribution in [1.82, 2.24) is 0 Å². The van der Waals surface area contributed by atoms with E-state index in [0.29, 0.717) is 0 Å². The van der Waals surface area contributed by atoms with Gasteiger partial charge in [-0.2, -0.15) is 0 Å². The first-order valence-corrected chi connectivity index (χ1v) is 3.48. The van der Waals surface area contributed by atoms with E-state index in [4.69, 9.17) is 15.5 Å². The van der Waals surface area contributed by atoms with Crippen LogP contribution in [0.4, 0.5) is 0 Å². The molecule has 0 aliphatic carbocycles. The van der Waals surface area contributed by atoms with Crippen LogP contribution >= 0.6 is 0 Å². The van der Waals surface area contributed by atoms with Crippen LogP contribution in [0.1, 0.15) is 20.7 Å². The van der Waals surface area contributed by atoms with Crippen molar-refractivity contribution in [2.75, 3.05) is 0 Å². The summed E-state index contributed by atoms with van der Waals surface area (Å²) < 4.78 is 0. The number of benzene rings is 1. The maximum absolute atomic E-state index is 10.6. The molecular weight excluding hydrogens is 192 g/mol. The highest BCUT2D eigenvalue weighted by Crippen LogP contribution is 2.19. The molecule has 0 aliphatic heterocycles. The van der Waals surface area contributed by atoms with Gasteiger partial charge in [-0.15, -0.1) is 0 Å². The van der Waals surface area contributed by atoms with Crippen molar-refractivity contribution in [3.63, 3.8) is 0 Å². The summed E-state index contributed by atoms with van der Waals surface area (Å²) >= 11 is 0. The molecule has 0 saturated carbocycles. The maximum Gasteiger partial charge on any atom is 0.339 e. The summed E-state index contributed by atoms with van der Waals surface area (Å²) in [6.45, 7) is 0. The van der Waals surface area contributed by atoms with Crippen LogP contribution in [0.2, 0.25) is 0 Å².